The first kappa shape index (κ1) is 17.0. The van der Waals surface area contributed by atoms with E-state index in [-0.39, 0.29) is 24.0 Å². The van der Waals surface area contributed by atoms with E-state index in [0.29, 0.717) is 18.5 Å². The molecule has 3 rings (SSSR count). The molecule has 0 bridgehead atoms. The molecule has 1 aromatic rings. The molecule has 0 unspecified atom stereocenters. The van der Waals surface area contributed by atoms with E-state index in [1.165, 1.54) is 57.1 Å². The average molecular weight is 420 g/mol. The molecule has 2 aliphatic rings. The maximum atomic E-state index is 6.00. The molecule has 2 fully saturated rings. The van der Waals surface area contributed by atoms with Gasteiger partial charge in [0, 0.05) is 17.3 Å². The van der Waals surface area contributed by atoms with Gasteiger partial charge in [-0.3, -0.25) is 0 Å². The SMILES string of the molecule is I.NC(=NCc1nc(C2CC2)cs1)NC1CCCCCC1. The van der Waals surface area contributed by atoms with Crippen molar-refractivity contribution in [2.24, 2.45) is 10.7 Å². The van der Waals surface area contributed by atoms with Crippen LogP contribution in [0.25, 0.3) is 0 Å². The van der Waals surface area contributed by atoms with Crippen molar-refractivity contribution in [1.29, 1.82) is 0 Å². The molecule has 0 aliphatic heterocycles. The van der Waals surface area contributed by atoms with Crippen molar-refractivity contribution < 1.29 is 0 Å². The van der Waals surface area contributed by atoms with Crippen molar-refractivity contribution in [2.45, 2.75) is 69.9 Å². The summed E-state index contributed by atoms with van der Waals surface area (Å²) < 4.78 is 0. The van der Waals surface area contributed by atoms with Gasteiger partial charge in [-0.05, 0) is 25.7 Å². The number of thiazole rings is 1. The molecule has 0 saturated heterocycles. The summed E-state index contributed by atoms with van der Waals surface area (Å²) in [6.07, 6.45) is 10.4. The monoisotopic (exact) mass is 420 g/mol. The van der Waals surface area contributed by atoms with E-state index >= 15 is 0 Å². The third-order valence-electron chi connectivity index (χ3n) is 4.16. The van der Waals surface area contributed by atoms with Crippen LogP contribution in [0.1, 0.15) is 68.0 Å². The van der Waals surface area contributed by atoms with Crippen molar-refractivity contribution >= 4 is 41.3 Å². The van der Waals surface area contributed by atoms with E-state index in [9.17, 15) is 0 Å². The summed E-state index contributed by atoms with van der Waals surface area (Å²) in [7, 11) is 0. The minimum atomic E-state index is 0. The molecule has 0 radical (unpaired) electrons. The van der Waals surface area contributed by atoms with Crippen LogP contribution in [-0.2, 0) is 6.54 Å². The molecular weight excluding hydrogens is 395 g/mol. The molecule has 0 spiro atoms. The first-order valence-corrected chi connectivity index (χ1v) is 8.70. The van der Waals surface area contributed by atoms with E-state index in [0.717, 1.165) is 10.9 Å². The highest BCUT2D eigenvalue weighted by Crippen LogP contribution is 2.40. The molecule has 21 heavy (non-hydrogen) atoms. The molecule has 6 heteroatoms. The van der Waals surface area contributed by atoms with Crippen LogP contribution in [0.3, 0.4) is 0 Å². The molecule has 0 atom stereocenters. The quantitative estimate of drug-likeness (QED) is 0.338. The van der Waals surface area contributed by atoms with Crippen LogP contribution < -0.4 is 11.1 Å². The molecule has 3 N–H and O–H groups in total. The van der Waals surface area contributed by atoms with Gasteiger partial charge in [0.25, 0.3) is 0 Å². The number of hydrogen-bond donors (Lipinski definition) is 2. The fourth-order valence-corrected chi connectivity index (χ4v) is 3.59. The molecular formula is C15H25IN4S. The topological polar surface area (TPSA) is 63.3 Å². The number of aliphatic imine (C=N–C) groups is 1. The molecule has 1 heterocycles. The second-order valence-corrected chi connectivity index (χ2v) is 6.92. The smallest absolute Gasteiger partial charge is 0.189 e. The zero-order valence-corrected chi connectivity index (χ0v) is 15.5. The summed E-state index contributed by atoms with van der Waals surface area (Å²) in [4.78, 5) is 9.08. The standard InChI is InChI=1S/C15H24N4S.HI/c16-15(18-12-5-3-1-2-4-6-12)17-9-14-19-13(10-20-14)11-7-8-11;/h10-12H,1-9H2,(H3,16,17,18);1H. The number of guanidine groups is 1. The molecule has 1 aromatic heterocycles. The van der Waals surface area contributed by atoms with E-state index in [1.807, 2.05) is 0 Å². The Kier molecular flexibility index (Phi) is 6.73. The van der Waals surface area contributed by atoms with Crippen LogP contribution in [0, 0.1) is 0 Å². The van der Waals surface area contributed by atoms with Crippen LogP contribution >= 0.6 is 35.3 Å². The Hall–Kier alpha value is -0.370. The van der Waals surface area contributed by atoms with Crippen LogP contribution in [0.15, 0.2) is 10.4 Å². The molecule has 0 aromatic carbocycles. The summed E-state index contributed by atoms with van der Waals surface area (Å²) >= 11 is 1.71. The van der Waals surface area contributed by atoms with Crippen molar-refractivity contribution in [3.63, 3.8) is 0 Å². The van der Waals surface area contributed by atoms with E-state index in [2.05, 4.69) is 20.7 Å². The molecule has 2 saturated carbocycles. The number of nitrogens with zero attached hydrogens (tertiary/aromatic N) is 2. The maximum Gasteiger partial charge on any atom is 0.189 e. The molecule has 2 aliphatic carbocycles. The summed E-state index contributed by atoms with van der Waals surface area (Å²) in [6, 6.07) is 0.513. The number of nitrogens with one attached hydrogen (secondary N) is 1. The van der Waals surface area contributed by atoms with E-state index in [4.69, 9.17) is 5.73 Å². The highest BCUT2D eigenvalue weighted by atomic mass is 127. The Bertz CT molecular complexity index is 462. The lowest BCUT2D eigenvalue weighted by Gasteiger charge is -2.16. The molecule has 4 nitrogen and oxygen atoms in total. The summed E-state index contributed by atoms with van der Waals surface area (Å²) in [5.74, 6) is 1.31. The summed E-state index contributed by atoms with van der Waals surface area (Å²) in [5.41, 5.74) is 7.26. The largest absolute Gasteiger partial charge is 0.370 e. The Morgan fingerprint density at radius 3 is 2.62 bits per heavy atom. The number of nitrogens with two attached hydrogens (primary N) is 1. The van der Waals surface area contributed by atoms with Crippen molar-refractivity contribution in [3.8, 4) is 0 Å². The summed E-state index contributed by atoms with van der Waals surface area (Å²) in [6.45, 7) is 0.614. The van der Waals surface area contributed by atoms with Gasteiger partial charge in [-0.25, -0.2) is 9.98 Å². The predicted molar refractivity (Wildman–Crippen MR) is 99.5 cm³/mol. The molecule has 0 amide bonds. The Labute approximate surface area is 148 Å². The van der Waals surface area contributed by atoms with Crippen molar-refractivity contribution in [3.05, 3.63) is 16.1 Å². The normalized spacial score (nSPS) is 20.7. The zero-order valence-electron chi connectivity index (χ0n) is 12.4. The van der Waals surface area contributed by atoms with Gasteiger partial charge >= 0.3 is 0 Å². The highest BCUT2D eigenvalue weighted by Gasteiger charge is 2.25. The van der Waals surface area contributed by atoms with E-state index < -0.39 is 0 Å². The van der Waals surface area contributed by atoms with Gasteiger partial charge in [0.1, 0.15) is 5.01 Å². The van der Waals surface area contributed by atoms with Crippen LogP contribution in [0.5, 0.6) is 0 Å². The Morgan fingerprint density at radius 2 is 1.95 bits per heavy atom. The van der Waals surface area contributed by atoms with Gasteiger partial charge in [0.2, 0.25) is 0 Å². The number of aromatic nitrogens is 1. The van der Waals surface area contributed by atoms with Gasteiger partial charge < -0.3 is 11.1 Å². The lowest BCUT2D eigenvalue weighted by Crippen LogP contribution is -2.39. The maximum absolute atomic E-state index is 6.00. The van der Waals surface area contributed by atoms with Crippen molar-refractivity contribution in [1.82, 2.24) is 10.3 Å². The first-order chi connectivity index (χ1) is 9.81. The van der Waals surface area contributed by atoms with Crippen LogP contribution in [0.2, 0.25) is 0 Å². The van der Waals surface area contributed by atoms with Crippen molar-refractivity contribution in [2.75, 3.05) is 0 Å². The number of halogens is 1. The van der Waals surface area contributed by atoms with Gasteiger partial charge in [-0.2, -0.15) is 0 Å². The van der Waals surface area contributed by atoms with Gasteiger partial charge in [-0.1, -0.05) is 25.7 Å². The fourth-order valence-electron chi connectivity index (χ4n) is 2.80. The van der Waals surface area contributed by atoms with Gasteiger partial charge in [0.15, 0.2) is 5.96 Å². The lowest BCUT2D eigenvalue weighted by molar-refractivity contribution is 0.530. The van der Waals surface area contributed by atoms with E-state index in [1.54, 1.807) is 11.3 Å². The Balaban J connectivity index is 0.00000161. The summed E-state index contributed by atoms with van der Waals surface area (Å²) in [5, 5.41) is 6.63. The fraction of sp³-hybridized carbons (Fsp3) is 0.733. The third kappa shape index (κ3) is 5.39. The van der Waals surface area contributed by atoms with Gasteiger partial charge in [0.05, 0.1) is 12.2 Å². The number of hydrogen-bond acceptors (Lipinski definition) is 3. The second-order valence-electron chi connectivity index (χ2n) is 5.97. The minimum Gasteiger partial charge on any atom is -0.370 e. The lowest BCUT2D eigenvalue weighted by atomic mass is 10.1. The highest BCUT2D eigenvalue weighted by molar-refractivity contribution is 14.0. The van der Waals surface area contributed by atoms with Crippen LogP contribution in [0.4, 0.5) is 0 Å². The Morgan fingerprint density at radius 1 is 1.24 bits per heavy atom. The zero-order chi connectivity index (χ0) is 13.8. The van der Waals surface area contributed by atoms with Gasteiger partial charge in [-0.15, -0.1) is 35.3 Å². The minimum absolute atomic E-state index is 0. The first-order valence-electron chi connectivity index (χ1n) is 7.82. The van der Waals surface area contributed by atoms with Crippen LogP contribution in [-0.4, -0.2) is 17.0 Å². The number of rotatable bonds is 4. The predicted octanol–water partition coefficient (Wildman–Crippen LogP) is 3.77. The third-order valence-corrected chi connectivity index (χ3v) is 5.01. The second kappa shape index (κ2) is 8.31. The average Bonchev–Trinajstić information content (AvgIpc) is 3.23. The molecule has 118 valence electrons.